The molecule has 4 heteroatoms. The van der Waals surface area contributed by atoms with E-state index in [4.69, 9.17) is 4.74 Å². The van der Waals surface area contributed by atoms with E-state index in [2.05, 4.69) is 33.0 Å². The van der Waals surface area contributed by atoms with Crippen molar-refractivity contribution in [3.8, 4) is 11.6 Å². The summed E-state index contributed by atoms with van der Waals surface area (Å²) < 4.78 is 6.62. The van der Waals surface area contributed by atoms with Gasteiger partial charge in [-0.15, -0.1) is 0 Å². The van der Waals surface area contributed by atoms with Crippen LogP contribution in [0.1, 0.15) is 23.1 Å². The molecule has 2 aromatic rings. The third-order valence-electron chi connectivity index (χ3n) is 3.35. The number of hydrogen-bond acceptors (Lipinski definition) is 3. The van der Waals surface area contributed by atoms with Crippen molar-refractivity contribution in [1.29, 1.82) is 0 Å². The monoisotopic (exact) mass is 319 g/mol. The average Bonchev–Trinajstić information content (AvgIpc) is 2.88. The zero-order valence-electron chi connectivity index (χ0n) is 10.4. The molecule has 1 aliphatic rings. The molecular formula is C15H14BrNO2. The Labute approximate surface area is 120 Å². The Kier molecular flexibility index (Phi) is 3.53. The second-order valence-corrected chi connectivity index (χ2v) is 5.58. The van der Waals surface area contributed by atoms with Crippen LogP contribution in [0.25, 0.3) is 0 Å². The molecule has 1 heterocycles. The zero-order valence-corrected chi connectivity index (χ0v) is 12.0. The fourth-order valence-electron chi connectivity index (χ4n) is 2.40. The van der Waals surface area contributed by atoms with E-state index in [-0.39, 0.29) is 6.61 Å². The number of fused-ring (bicyclic) bond motifs is 1. The number of rotatable bonds is 3. The third-order valence-corrected chi connectivity index (χ3v) is 3.78. The van der Waals surface area contributed by atoms with Gasteiger partial charge in [0.05, 0.1) is 6.61 Å². The molecule has 0 fully saturated rings. The Balaban J connectivity index is 1.89. The highest BCUT2D eigenvalue weighted by atomic mass is 79.9. The van der Waals surface area contributed by atoms with E-state index in [1.165, 1.54) is 17.5 Å². The van der Waals surface area contributed by atoms with Gasteiger partial charge in [-0.05, 0) is 64.5 Å². The van der Waals surface area contributed by atoms with Crippen LogP contribution in [0.3, 0.4) is 0 Å². The summed E-state index contributed by atoms with van der Waals surface area (Å²) in [6, 6.07) is 7.98. The van der Waals surface area contributed by atoms with Crippen molar-refractivity contribution >= 4 is 15.9 Å². The lowest BCUT2D eigenvalue weighted by atomic mass is 10.1. The Morgan fingerprint density at radius 3 is 2.89 bits per heavy atom. The molecule has 1 aliphatic carbocycles. The second-order valence-electron chi connectivity index (χ2n) is 4.66. The summed E-state index contributed by atoms with van der Waals surface area (Å²) in [7, 11) is 0. The molecule has 0 radical (unpaired) electrons. The molecule has 98 valence electrons. The smallest absolute Gasteiger partial charge is 0.224 e. The summed E-state index contributed by atoms with van der Waals surface area (Å²) in [4.78, 5) is 4.21. The molecule has 0 amide bonds. The molecule has 0 aliphatic heterocycles. The van der Waals surface area contributed by atoms with Gasteiger partial charge in [0.2, 0.25) is 5.88 Å². The number of aryl methyl sites for hydroxylation is 2. The van der Waals surface area contributed by atoms with Gasteiger partial charge in [0.15, 0.2) is 0 Å². The maximum Gasteiger partial charge on any atom is 0.224 e. The highest BCUT2D eigenvalue weighted by Gasteiger charge is 2.13. The molecular weight excluding hydrogens is 306 g/mol. The summed E-state index contributed by atoms with van der Waals surface area (Å²) in [5.74, 6) is 1.24. The molecule has 3 rings (SSSR count). The van der Waals surface area contributed by atoms with Crippen molar-refractivity contribution < 1.29 is 9.84 Å². The molecule has 19 heavy (non-hydrogen) atoms. The number of nitrogens with zero attached hydrogens (tertiary/aromatic N) is 1. The minimum atomic E-state index is -0.0906. The van der Waals surface area contributed by atoms with Gasteiger partial charge in [-0.25, -0.2) is 4.98 Å². The van der Waals surface area contributed by atoms with Crippen molar-refractivity contribution in [2.45, 2.75) is 25.9 Å². The highest BCUT2D eigenvalue weighted by molar-refractivity contribution is 9.10. The van der Waals surface area contributed by atoms with Gasteiger partial charge in [-0.3, -0.25) is 0 Å². The first-order valence-corrected chi connectivity index (χ1v) is 7.10. The molecule has 1 N–H and O–H groups in total. The van der Waals surface area contributed by atoms with E-state index < -0.39 is 0 Å². The van der Waals surface area contributed by atoms with Gasteiger partial charge in [0.1, 0.15) is 5.75 Å². The molecule has 1 aromatic carbocycles. The summed E-state index contributed by atoms with van der Waals surface area (Å²) in [5, 5.41) is 9.33. The topological polar surface area (TPSA) is 42.4 Å². The van der Waals surface area contributed by atoms with Crippen molar-refractivity contribution in [3.63, 3.8) is 0 Å². The maximum absolute atomic E-state index is 9.33. The van der Waals surface area contributed by atoms with Crippen LogP contribution < -0.4 is 4.74 Å². The fraction of sp³-hybridized carbons (Fsp3) is 0.267. The Hall–Kier alpha value is -1.39. The van der Waals surface area contributed by atoms with Gasteiger partial charge in [0.25, 0.3) is 0 Å². The predicted molar refractivity (Wildman–Crippen MR) is 76.4 cm³/mol. The van der Waals surface area contributed by atoms with Gasteiger partial charge in [-0.1, -0.05) is 6.07 Å². The first-order chi connectivity index (χ1) is 9.26. The molecule has 0 atom stereocenters. The van der Waals surface area contributed by atoms with Crippen LogP contribution in [0.5, 0.6) is 11.6 Å². The van der Waals surface area contributed by atoms with Crippen LogP contribution in [0.15, 0.2) is 34.9 Å². The average molecular weight is 320 g/mol. The van der Waals surface area contributed by atoms with Crippen LogP contribution in [0, 0.1) is 0 Å². The van der Waals surface area contributed by atoms with Crippen molar-refractivity contribution in [2.75, 3.05) is 0 Å². The summed E-state index contributed by atoms with van der Waals surface area (Å²) >= 11 is 3.33. The van der Waals surface area contributed by atoms with Crippen LogP contribution in [0.2, 0.25) is 0 Å². The van der Waals surface area contributed by atoms with Crippen molar-refractivity contribution in [3.05, 3.63) is 51.6 Å². The second kappa shape index (κ2) is 5.31. The molecule has 0 spiro atoms. The number of aliphatic hydroxyl groups is 1. The minimum Gasteiger partial charge on any atom is -0.439 e. The van der Waals surface area contributed by atoms with E-state index in [9.17, 15) is 5.11 Å². The van der Waals surface area contributed by atoms with Crippen LogP contribution in [-0.4, -0.2) is 10.1 Å². The predicted octanol–water partition coefficient (Wildman–Crippen LogP) is 3.62. The standard InChI is InChI=1S/C15H14BrNO2/c16-13-6-12(9-18)15(17-8-13)19-14-5-4-10-2-1-3-11(10)7-14/h4-8,18H,1-3,9H2. The van der Waals surface area contributed by atoms with E-state index in [0.29, 0.717) is 11.4 Å². The van der Waals surface area contributed by atoms with Crippen LogP contribution in [0.4, 0.5) is 0 Å². The van der Waals surface area contributed by atoms with Gasteiger partial charge >= 0.3 is 0 Å². The molecule has 0 saturated carbocycles. The first-order valence-electron chi connectivity index (χ1n) is 6.31. The number of aromatic nitrogens is 1. The van der Waals surface area contributed by atoms with Crippen molar-refractivity contribution in [1.82, 2.24) is 4.98 Å². The molecule has 0 bridgehead atoms. The third kappa shape index (κ3) is 2.65. The lowest BCUT2D eigenvalue weighted by molar-refractivity contribution is 0.275. The van der Waals surface area contributed by atoms with E-state index in [1.807, 2.05) is 12.1 Å². The summed E-state index contributed by atoms with van der Waals surface area (Å²) in [5.41, 5.74) is 3.45. The number of aliphatic hydroxyl groups excluding tert-OH is 1. The number of benzene rings is 1. The molecule has 3 nitrogen and oxygen atoms in total. The zero-order chi connectivity index (χ0) is 13.2. The first kappa shape index (κ1) is 12.6. The lowest BCUT2D eigenvalue weighted by Crippen LogP contribution is -1.95. The normalized spacial score (nSPS) is 13.4. The van der Waals surface area contributed by atoms with E-state index >= 15 is 0 Å². The minimum absolute atomic E-state index is 0.0906. The quantitative estimate of drug-likeness (QED) is 0.939. The number of halogens is 1. The van der Waals surface area contributed by atoms with Gasteiger partial charge in [-0.2, -0.15) is 0 Å². The number of ether oxygens (including phenoxy) is 1. The van der Waals surface area contributed by atoms with Gasteiger partial charge < -0.3 is 9.84 Å². The van der Waals surface area contributed by atoms with Crippen LogP contribution in [-0.2, 0) is 19.4 Å². The SMILES string of the molecule is OCc1cc(Br)cnc1Oc1ccc2c(c1)CCC2. The highest BCUT2D eigenvalue weighted by Crippen LogP contribution is 2.30. The molecule has 0 unspecified atom stereocenters. The maximum atomic E-state index is 9.33. The van der Waals surface area contributed by atoms with E-state index in [0.717, 1.165) is 23.1 Å². The Morgan fingerprint density at radius 2 is 2.05 bits per heavy atom. The lowest BCUT2D eigenvalue weighted by Gasteiger charge is -2.10. The van der Waals surface area contributed by atoms with Gasteiger partial charge in [0, 0.05) is 16.2 Å². The number of hydrogen-bond donors (Lipinski definition) is 1. The van der Waals surface area contributed by atoms with Crippen molar-refractivity contribution in [2.24, 2.45) is 0 Å². The number of pyridine rings is 1. The van der Waals surface area contributed by atoms with Crippen LogP contribution >= 0.6 is 15.9 Å². The Bertz CT molecular complexity index is 613. The molecule has 1 aromatic heterocycles. The summed E-state index contributed by atoms with van der Waals surface area (Å²) in [6.07, 6.45) is 5.17. The largest absolute Gasteiger partial charge is 0.439 e. The summed E-state index contributed by atoms with van der Waals surface area (Å²) in [6.45, 7) is -0.0906. The van der Waals surface area contributed by atoms with E-state index in [1.54, 1.807) is 6.20 Å². The molecule has 0 saturated heterocycles. The Morgan fingerprint density at radius 1 is 1.21 bits per heavy atom. The fourth-order valence-corrected chi connectivity index (χ4v) is 2.78.